The van der Waals surface area contributed by atoms with E-state index in [2.05, 4.69) is 103 Å². The third kappa shape index (κ3) is 7.90. The first-order valence-corrected chi connectivity index (χ1v) is 19.4. The standard InChI is InChI=1S/C36H51N9O2Si/c1-24(2)48(25(3)4,26(5)6)20-14-28-21-33(41-36(47)39-30-13-15-45(23-30)27(7)46)40-34-32(28)22-37-35(42-34)38-29-9-11-31(12-10-29)44-18-16-43(8)17-19-44/h9-12,21-22,24-26,30H,13,15-19,23H2,1-8H3,(H3,37,38,39,40,41,42,47)/t30-/m1/s1. The molecule has 0 unspecified atom stereocenters. The normalized spacial score (nSPS) is 17.2. The van der Waals surface area contributed by atoms with Gasteiger partial charge in [-0.25, -0.2) is 14.8 Å². The minimum atomic E-state index is -2.04. The molecule has 0 aliphatic carbocycles. The molecule has 1 atom stereocenters. The van der Waals surface area contributed by atoms with E-state index in [4.69, 9.17) is 9.97 Å². The summed E-state index contributed by atoms with van der Waals surface area (Å²) in [4.78, 5) is 45.5. The van der Waals surface area contributed by atoms with Crippen LogP contribution in [-0.2, 0) is 4.79 Å². The zero-order valence-electron chi connectivity index (χ0n) is 29.7. The van der Waals surface area contributed by atoms with Crippen LogP contribution in [0.2, 0.25) is 16.6 Å². The smallest absolute Gasteiger partial charge is 0.320 e. The summed E-state index contributed by atoms with van der Waals surface area (Å²) < 4.78 is 0. The Labute approximate surface area is 286 Å². The molecule has 2 fully saturated rings. The van der Waals surface area contributed by atoms with Crippen molar-refractivity contribution in [1.29, 1.82) is 0 Å². The molecule has 0 saturated carbocycles. The van der Waals surface area contributed by atoms with E-state index in [0.717, 1.165) is 42.8 Å². The molecule has 2 saturated heterocycles. The molecule has 3 N–H and O–H groups in total. The predicted molar refractivity (Wildman–Crippen MR) is 198 cm³/mol. The summed E-state index contributed by atoms with van der Waals surface area (Å²) in [5.74, 6) is 4.32. The van der Waals surface area contributed by atoms with Crippen molar-refractivity contribution in [2.75, 3.05) is 61.8 Å². The number of fused-ring (bicyclic) bond motifs is 1. The van der Waals surface area contributed by atoms with Crippen LogP contribution in [0, 0.1) is 11.5 Å². The first kappa shape index (κ1) is 35.1. The van der Waals surface area contributed by atoms with Crippen LogP contribution in [0.1, 0.15) is 60.5 Å². The number of carbonyl (C=O) groups excluding carboxylic acids is 2. The van der Waals surface area contributed by atoms with Gasteiger partial charge in [-0.05, 0) is 60.4 Å². The van der Waals surface area contributed by atoms with Gasteiger partial charge in [0, 0.05) is 75.4 Å². The lowest BCUT2D eigenvalue weighted by molar-refractivity contribution is -0.127. The molecular formula is C36H51N9O2Si. The van der Waals surface area contributed by atoms with E-state index >= 15 is 0 Å². The van der Waals surface area contributed by atoms with Gasteiger partial charge in [0.2, 0.25) is 11.9 Å². The molecule has 1 aromatic carbocycles. The predicted octanol–water partition coefficient (Wildman–Crippen LogP) is 5.83. The first-order valence-electron chi connectivity index (χ1n) is 17.2. The van der Waals surface area contributed by atoms with Gasteiger partial charge in [-0.1, -0.05) is 47.5 Å². The van der Waals surface area contributed by atoms with Crippen LogP contribution in [0.25, 0.3) is 11.0 Å². The number of likely N-dealkylation sites (N-methyl/N-ethyl adjacent to an activating group) is 1. The van der Waals surface area contributed by atoms with E-state index in [1.165, 1.54) is 5.69 Å². The largest absolute Gasteiger partial charge is 0.369 e. The number of likely N-dealkylation sites (tertiary alicyclic amines) is 1. The lowest BCUT2D eigenvalue weighted by Crippen LogP contribution is -2.44. The van der Waals surface area contributed by atoms with Crippen molar-refractivity contribution in [3.63, 3.8) is 0 Å². The van der Waals surface area contributed by atoms with Gasteiger partial charge in [0.15, 0.2) is 5.65 Å². The molecule has 256 valence electrons. The number of aromatic nitrogens is 3. The maximum absolute atomic E-state index is 13.1. The van der Waals surface area contributed by atoms with E-state index in [0.29, 0.717) is 53.5 Å². The van der Waals surface area contributed by atoms with Gasteiger partial charge >= 0.3 is 6.03 Å². The maximum Gasteiger partial charge on any atom is 0.320 e. The van der Waals surface area contributed by atoms with Crippen LogP contribution >= 0.6 is 0 Å². The number of pyridine rings is 1. The highest BCUT2D eigenvalue weighted by atomic mass is 28.3. The summed E-state index contributed by atoms with van der Waals surface area (Å²) in [6.07, 6.45) is 2.47. The number of carbonyl (C=O) groups is 2. The lowest BCUT2D eigenvalue weighted by Gasteiger charge is -2.38. The molecule has 2 aliphatic rings. The number of benzene rings is 1. The van der Waals surface area contributed by atoms with E-state index in [1.54, 1.807) is 18.0 Å². The van der Waals surface area contributed by atoms with Crippen molar-refractivity contribution in [3.05, 3.63) is 42.1 Å². The Morgan fingerprint density at radius 3 is 2.21 bits per heavy atom. The van der Waals surface area contributed by atoms with Gasteiger partial charge in [0.25, 0.3) is 0 Å². The third-order valence-corrected chi connectivity index (χ3v) is 16.3. The molecule has 4 heterocycles. The van der Waals surface area contributed by atoms with Crippen LogP contribution in [-0.4, -0.2) is 97.1 Å². The van der Waals surface area contributed by atoms with Crippen molar-refractivity contribution in [1.82, 2.24) is 30.1 Å². The second kappa shape index (κ2) is 14.9. The summed E-state index contributed by atoms with van der Waals surface area (Å²) in [5, 5.41) is 9.96. The van der Waals surface area contributed by atoms with Gasteiger partial charge in [-0.2, -0.15) is 4.98 Å². The SMILES string of the molecule is CC(=O)N1CC[C@@H](NC(=O)Nc2cc(C#C[Si](C(C)C)(C(C)C)C(C)C)c3cnc(Nc4ccc(N5CCN(C)CC5)cc4)nc3n2)C1. The van der Waals surface area contributed by atoms with Gasteiger partial charge in [-0.15, -0.1) is 5.54 Å². The second-order valence-corrected chi connectivity index (χ2v) is 19.7. The molecule has 0 spiro atoms. The van der Waals surface area contributed by atoms with Crippen LogP contribution < -0.4 is 20.9 Å². The molecule has 48 heavy (non-hydrogen) atoms. The molecule has 12 heteroatoms. The van der Waals surface area contributed by atoms with Gasteiger partial charge < -0.3 is 25.3 Å². The molecule has 11 nitrogen and oxygen atoms in total. The van der Waals surface area contributed by atoms with Crippen molar-refractivity contribution >= 4 is 54.2 Å². The summed E-state index contributed by atoms with van der Waals surface area (Å²) >= 11 is 0. The minimum Gasteiger partial charge on any atom is -0.369 e. The number of urea groups is 1. The van der Waals surface area contributed by atoms with E-state index in [9.17, 15) is 9.59 Å². The van der Waals surface area contributed by atoms with Gasteiger partial charge in [-0.3, -0.25) is 10.1 Å². The van der Waals surface area contributed by atoms with Gasteiger partial charge in [0.05, 0.1) is 5.39 Å². The average molecular weight is 670 g/mol. The number of hydrogen-bond acceptors (Lipinski definition) is 8. The van der Waals surface area contributed by atoms with Crippen LogP contribution in [0.15, 0.2) is 36.5 Å². The summed E-state index contributed by atoms with van der Waals surface area (Å²) in [6, 6.07) is 9.64. The van der Waals surface area contributed by atoms with Crippen LogP contribution in [0.3, 0.4) is 0 Å². The highest BCUT2D eigenvalue weighted by Gasteiger charge is 2.41. The van der Waals surface area contributed by atoms with E-state index < -0.39 is 8.07 Å². The Morgan fingerprint density at radius 2 is 1.60 bits per heavy atom. The van der Waals surface area contributed by atoms with E-state index in [1.807, 2.05) is 18.2 Å². The molecule has 3 amide bonds. The van der Waals surface area contributed by atoms with E-state index in [-0.39, 0.29) is 18.0 Å². The number of rotatable bonds is 8. The van der Waals surface area contributed by atoms with Crippen molar-refractivity contribution in [2.45, 2.75) is 77.6 Å². The quantitative estimate of drug-likeness (QED) is 0.203. The van der Waals surface area contributed by atoms with Crippen molar-refractivity contribution < 1.29 is 9.59 Å². The minimum absolute atomic E-state index is 0.0120. The lowest BCUT2D eigenvalue weighted by atomic mass is 10.2. The molecule has 3 aromatic rings. The molecule has 2 aromatic heterocycles. The highest BCUT2D eigenvalue weighted by molar-refractivity contribution is 6.90. The second-order valence-electron chi connectivity index (χ2n) is 14.1. The van der Waals surface area contributed by atoms with Crippen molar-refractivity contribution in [2.24, 2.45) is 0 Å². The van der Waals surface area contributed by atoms with Crippen LogP contribution in [0.5, 0.6) is 0 Å². The monoisotopic (exact) mass is 669 g/mol. The Kier molecular flexibility index (Phi) is 10.9. The first-order chi connectivity index (χ1) is 22.8. The number of nitrogens with one attached hydrogen (secondary N) is 3. The summed E-state index contributed by atoms with van der Waals surface area (Å²) in [5.41, 5.74) is 8.46. The van der Waals surface area contributed by atoms with Crippen molar-refractivity contribution in [3.8, 4) is 11.5 Å². The Balaban J connectivity index is 1.44. The summed E-state index contributed by atoms with van der Waals surface area (Å²) in [7, 11) is 0.114. The number of anilines is 4. The Bertz CT molecular complexity index is 1650. The van der Waals surface area contributed by atoms with Crippen LogP contribution in [0.4, 0.5) is 27.9 Å². The zero-order valence-corrected chi connectivity index (χ0v) is 30.7. The van der Waals surface area contributed by atoms with Gasteiger partial charge in [0.1, 0.15) is 13.9 Å². The fourth-order valence-corrected chi connectivity index (χ4v) is 12.5. The average Bonchev–Trinajstić information content (AvgIpc) is 3.50. The Morgan fingerprint density at radius 1 is 0.938 bits per heavy atom. The number of amides is 3. The zero-order chi connectivity index (χ0) is 34.6. The topological polar surface area (TPSA) is 119 Å². The molecule has 0 radical (unpaired) electrons. The molecule has 0 bridgehead atoms. The Hall–Kier alpha value is -4.21. The maximum atomic E-state index is 13.1. The molecule has 2 aliphatic heterocycles. The third-order valence-electron chi connectivity index (χ3n) is 10.0. The fraction of sp³-hybridized carbons (Fsp3) is 0.528. The highest BCUT2D eigenvalue weighted by Crippen LogP contribution is 2.41. The number of nitrogens with zero attached hydrogens (tertiary/aromatic N) is 6. The number of piperazine rings is 1. The number of hydrogen-bond donors (Lipinski definition) is 3. The molecular weight excluding hydrogens is 619 g/mol. The fourth-order valence-electron chi connectivity index (χ4n) is 7.30. The molecule has 5 rings (SSSR count). The summed E-state index contributed by atoms with van der Waals surface area (Å²) in [6.45, 7) is 20.5.